The topological polar surface area (TPSA) is 26.3 Å². The van der Waals surface area contributed by atoms with Gasteiger partial charge >= 0.3 is 0 Å². The Labute approximate surface area is 95.9 Å². The molecule has 2 nitrogen and oxygen atoms in total. The average Bonchev–Trinajstić information content (AvgIpc) is 2.33. The summed E-state index contributed by atoms with van der Waals surface area (Å²) < 4.78 is 5.49. The quantitative estimate of drug-likeness (QED) is 0.775. The fraction of sp³-hybridized carbons (Fsp3) is 0.357. The van der Waals surface area contributed by atoms with E-state index in [4.69, 9.17) is 4.74 Å². The maximum atomic E-state index is 11.8. The van der Waals surface area contributed by atoms with Crippen LogP contribution < -0.4 is 0 Å². The lowest BCUT2D eigenvalue weighted by atomic mass is 9.91. The number of Topliss-reactive ketones (excluding diaryl/α,β-unsaturated/α-hetero) is 1. The molecule has 0 heterocycles. The van der Waals surface area contributed by atoms with E-state index in [1.165, 1.54) is 0 Å². The molecule has 2 heteroatoms. The first-order chi connectivity index (χ1) is 7.83. The predicted molar refractivity (Wildman–Crippen MR) is 63.8 cm³/mol. The number of rotatable bonds is 3. The van der Waals surface area contributed by atoms with E-state index in [1.54, 1.807) is 0 Å². The molecule has 0 aliphatic heterocycles. The van der Waals surface area contributed by atoms with Crippen molar-refractivity contribution in [1.82, 2.24) is 0 Å². The van der Waals surface area contributed by atoms with Gasteiger partial charge in [-0.1, -0.05) is 30.3 Å². The Hall–Kier alpha value is -1.57. The van der Waals surface area contributed by atoms with E-state index in [1.807, 2.05) is 37.3 Å². The molecule has 16 heavy (non-hydrogen) atoms. The van der Waals surface area contributed by atoms with Crippen LogP contribution in [0.5, 0.6) is 0 Å². The summed E-state index contributed by atoms with van der Waals surface area (Å²) in [5.74, 6) is 0.729. The molecule has 1 aliphatic rings. The van der Waals surface area contributed by atoms with E-state index < -0.39 is 0 Å². The summed E-state index contributed by atoms with van der Waals surface area (Å²) in [6.45, 7) is 2.47. The molecule has 84 valence electrons. The lowest BCUT2D eigenvalue weighted by molar-refractivity contribution is -0.119. The van der Waals surface area contributed by atoms with Crippen molar-refractivity contribution in [3.63, 3.8) is 0 Å². The highest BCUT2D eigenvalue weighted by molar-refractivity contribution is 6.02. The third-order valence-corrected chi connectivity index (χ3v) is 2.77. The number of carbonyl (C=O) groups is 1. The van der Waals surface area contributed by atoms with Crippen molar-refractivity contribution in [2.45, 2.75) is 26.2 Å². The van der Waals surface area contributed by atoms with Crippen LogP contribution in [0.25, 0.3) is 5.57 Å². The van der Waals surface area contributed by atoms with Crippen molar-refractivity contribution < 1.29 is 9.53 Å². The molecular formula is C14H16O2. The Morgan fingerprint density at radius 2 is 1.94 bits per heavy atom. The highest BCUT2D eigenvalue weighted by Crippen LogP contribution is 2.30. The normalized spacial score (nSPS) is 16.4. The van der Waals surface area contributed by atoms with Crippen LogP contribution in [0.4, 0.5) is 0 Å². The Morgan fingerprint density at radius 3 is 2.62 bits per heavy atom. The lowest BCUT2D eigenvalue weighted by Crippen LogP contribution is -2.13. The number of hydrogen-bond acceptors (Lipinski definition) is 2. The van der Waals surface area contributed by atoms with Crippen LogP contribution in [0, 0.1) is 0 Å². The van der Waals surface area contributed by atoms with Crippen molar-refractivity contribution in [3.05, 3.63) is 41.7 Å². The van der Waals surface area contributed by atoms with E-state index in [0.717, 1.165) is 24.0 Å². The zero-order chi connectivity index (χ0) is 11.4. The zero-order valence-electron chi connectivity index (χ0n) is 9.53. The van der Waals surface area contributed by atoms with Crippen molar-refractivity contribution in [2.75, 3.05) is 6.61 Å². The molecule has 0 bridgehead atoms. The molecule has 1 aromatic rings. The lowest BCUT2D eigenvalue weighted by Gasteiger charge is -2.19. The predicted octanol–water partition coefficient (Wildman–Crippen LogP) is 3.19. The molecule has 0 atom stereocenters. The molecule has 0 aromatic heterocycles. The average molecular weight is 216 g/mol. The van der Waals surface area contributed by atoms with Crippen molar-refractivity contribution in [3.8, 4) is 0 Å². The Kier molecular flexibility index (Phi) is 3.40. The fourth-order valence-electron chi connectivity index (χ4n) is 2.05. The number of benzene rings is 1. The molecule has 1 aromatic carbocycles. The van der Waals surface area contributed by atoms with Crippen LogP contribution in [0.15, 0.2) is 36.1 Å². The monoisotopic (exact) mass is 216 g/mol. The first-order valence-electron chi connectivity index (χ1n) is 5.77. The van der Waals surface area contributed by atoms with Gasteiger partial charge in [0.1, 0.15) is 0 Å². The van der Waals surface area contributed by atoms with Gasteiger partial charge in [0.2, 0.25) is 0 Å². The van der Waals surface area contributed by atoms with Gasteiger partial charge in [-0.3, -0.25) is 4.79 Å². The minimum Gasteiger partial charge on any atom is -0.490 e. The molecule has 0 radical (unpaired) electrons. The number of allylic oxidation sites excluding steroid dienone is 2. The Morgan fingerprint density at radius 1 is 1.19 bits per heavy atom. The molecule has 0 spiro atoms. The smallest absolute Gasteiger partial charge is 0.197 e. The molecule has 1 aliphatic carbocycles. The van der Waals surface area contributed by atoms with Crippen molar-refractivity contribution >= 4 is 11.4 Å². The van der Waals surface area contributed by atoms with Gasteiger partial charge < -0.3 is 4.74 Å². The molecular weight excluding hydrogens is 200 g/mol. The number of hydrogen-bond donors (Lipinski definition) is 0. The molecule has 0 N–H and O–H groups in total. The summed E-state index contributed by atoms with van der Waals surface area (Å²) in [5.41, 5.74) is 2.18. The highest BCUT2D eigenvalue weighted by Gasteiger charge is 2.22. The second kappa shape index (κ2) is 4.97. The minimum absolute atomic E-state index is 0.145. The number of ether oxygens (including phenoxy) is 1. The maximum absolute atomic E-state index is 11.8. The minimum atomic E-state index is 0.145. The molecule has 0 amide bonds. The van der Waals surface area contributed by atoms with Crippen LogP contribution in [0.2, 0.25) is 0 Å². The Bertz CT molecular complexity index is 404. The van der Waals surface area contributed by atoms with Gasteiger partial charge in [0.15, 0.2) is 11.5 Å². The van der Waals surface area contributed by atoms with E-state index in [2.05, 4.69) is 0 Å². The second-order valence-corrected chi connectivity index (χ2v) is 3.88. The van der Waals surface area contributed by atoms with Gasteiger partial charge in [0.05, 0.1) is 6.61 Å². The Balaban J connectivity index is 2.41. The molecule has 0 fully saturated rings. The van der Waals surface area contributed by atoms with E-state index >= 15 is 0 Å². The molecule has 0 unspecified atom stereocenters. The van der Waals surface area contributed by atoms with E-state index in [-0.39, 0.29) is 5.78 Å². The number of carbonyl (C=O) groups excluding carboxylic acids is 1. The molecule has 0 saturated heterocycles. The van der Waals surface area contributed by atoms with Gasteiger partial charge in [-0.15, -0.1) is 0 Å². The zero-order valence-corrected chi connectivity index (χ0v) is 9.53. The molecule has 2 rings (SSSR count). The van der Waals surface area contributed by atoms with Gasteiger partial charge in [0.25, 0.3) is 0 Å². The third-order valence-electron chi connectivity index (χ3n) is 2.77. The summed E-state index contributed by atoms with van der Waals surface area (Å²) in [4.78, 5) is 11.8. The first kappa shape index (κ1) is 10.9. The fourth-order valence-corrected chi connectivity index (χ4v) is 2.05. The van der Waals surface area contributed by atoms with E-state index in [0.29, 0.717) is 18.8 Å². The highest BCUT2D eigenvalue weighted by atomic mass is 16.5. The summed E-state index contributed by atoms with van der Waals surface area (Å²) in [6, 6.07) is 10.0. The van der Waals surface area contributed by atoms with Crippen LogP contribution in [0.3, 0.4) is 0 Å². The molecule has 0 saturated carbocycles. The summed E-state index contributed by atoms with van der Waals surface area (Å²) in [5, 5.41) is 0. The van der Waals surface area contributed by atoms with Crippen molar-refractivity contribution in [2.24, 2.45) is 0 Å². The van der Waals surface area contributed by atoms with Gasteiger partial charge in [0, 0.05) is 12.0 Å². The third kappa shape index (κ3) is 2.16. The van der Waals surface area contributed by atoms with Crippen LogP contribution >= 0.6 is 0 Å². The van der Waals surface area contributed by atoms with Crippen LogP contribution in [-0.4, -0.2) is 12.4 Å². The summed E-state index contributed by atoms with van der Waals surface area (Å²) >= 11 is 0. The maximum Gasteiger partial charge on any atom is 0.197 e. The first-order valence-corrected chi connectivity index (χ1v) is 5.77. The van der Waals surface area contributed by atoms with Crippen LogP contribution in [-0.2, 0) is 9.53 Å². The van der Waals surface area contributed by atoms with E-state index in [9.17, 15) is 4.79 Å². The summed E-state index contributed by atoms with van der Waals surface area (Å²) in [7, 11) is 0. The standard InChI is InChI=1S/C14H16O2/c1-2-16-14-12(9-6-10-13(14)15)11-7-4-3-5-8-11/h3-5,7-8H,2,6,9-10H2,1H3. The van der Waals surface area contributed by atoms with Crippen molar-refractivity contribution in [1.29, 1.82) is 0 Å². The van der Waals surface area contributed by atoms with Gasteiger partial charge in [-0.05, 0) is 25.3 Å². The van der Waals surface area contributed by atoms with Crippen LogP contribution in [0.1, 0.15) is 31.7 Å². The van der Waals surface area contributed by atoms with Gasteiger partial charge in [-0.2, -0.15) is 0 Å². The largest absolute Gasteiger partial charge is 0.490 e. The summed E-state index contributed by atoms with van der Waals surface area (Å²) in [6.07, 6.45) is 2.48. The SMILES string of the molecule is CCOC1=C(c2ccccc2)CCCC1=O. The second-order valence-electron chi connectivity index (χ2n) is 3.88. The van der Waals surface area contributed by atoms with Gasteiger partial charge in [-0.25, -0.2) is 0 Å². The number of ketones is 1.